The van der Waals surface area contributed by atoms with Gasteiger partial charge in [0.05, 0.1) is 6.26 Å². The van der Waals surface area contributed by atoms with Crippen molar-refractivity contribution < 1.29 is 19.3 Å². The van der Waals surface area contributed by atoms with Crippen LogP contribution in [0.2, 0.25) is 0 Å². The summed E-state index contributed by atoms with van der Waals surface area (Å²) in [4.78, 5) is 26.1. The first-order valence-electron chi connectivity index (χ1n) is 8.61. The lowest BCUT2D eigenvalue weighted by Crippen LogP contribution is -2.86. The van der Waals surface area contributed by atoms with Crippen LogP contribution in [-0.2, 0) is 4.79 Å². The minimum absolute atomic E-state index is 0.00322. The lowest BCUT2D eigenvalue weighted by molar-refractivity contribution is -0.684. The molecule has 1 aromatic carbocycles. The number of hydrogen-bond acceptors (Lipinski definition) is 3. The fraction of sp³-hybridized carbons (Fsp3) is 0.368. The van der Waals surface area contributed by atoms with Crippen molar-refractivity contribution in [2.75, 3.05) is 25.0 Å². The Hall–Kier alpha value is -2.60. The first-order valence-corrected chi connectivity index (χ1v) is 8.61. The van der Waals surface area contributed by atoms with Crippen LogP contribution in [0, 0.1) is 0 Å². The van der Waals surface area contributed by atoms with Crippen LogP contribution in [0.5, 0.6) is 0 Å². The SMILES string of the molecule is CCN(CC)C(=O)c1ccc(NC(=O)C[NH2+][C@@H](C)c2ccco2)cc1. The Morgan fingerprint density at radius 1 is 1.16 bits per heavy atom. The van der Waals surface area contributed by atoms with E-state index in [1.165, 1.54) is 0 Å². The molecule has 6 nitrogen and oxygen atoms in total. The average Bonchev–Trinajstić information content (AvgIpc) is 3.16. The number of rotatable bonds is 8. The molecular weight excluding hydrogens is 318 g/mol. The highest BCUT2D eigenvalue weighted by Gasteiger charge is 2.15. The standard InChI is InChI=1S/C19H25N3O3/c1-4-22(5-2)19(24)15-8-10-16(11-9-15)21-18(23)13-20-14(3)17-7-6-12-25-17/h6-12,14,20H,4-5,13H2,1-3H3,(H,21,23)/p+1/t14-/m0/s1. The molecule has 0 aliphatic heterocycles. The van der Waals surface area contributed by atoms with Crippen LogP contribution in [0.25, 0.3) is 0 Å². The highest BCUT2D eigenvalue weighted by atomic mass is 16.3. The number of anilines is 1. The summed E-state index contributed by atoms with van der Waals surface area (Å²) in [5, 5.41) is 4.75. The third-order valence-corrected chi connectivity index (χ3v) is 4.12. The minimum atomic E-state index is -0.0961. The molecule has 134 valence electrons. The molecule has 2 aromatic rings. The number of carbonyl (C=O) groups is 2. The Bertz CT molecular complexity index is 676. The lowest BCUT2D eigenvalue weighted by atomic mass is 10.1. The van der Waals surface area contributed by atoms with E-state index in [-0.39, 0.29) is 17.9 Å². The van der Waals surface area contributed by atoms with Crippen LogP contribution in [0.4, 0.5) is 5.69 Å². The maximum atomic E-state index is 12.3. The van der Waals surface area contributed by atoms with E-state index in [0.717, 1.165) is 5.76 Å². The van der Waals surface area contributed by atoms with Gasteiger partial charge in [0.1, 0.15) is 6.04 Å². The van der Waals surface area contributed by atoms with Crippen LogP contribution in [-0.4, -0.2) is 36.3 Å². The molecule has 0 saturated heterocycles. The van der Waals surface area contributed by atoms with E-state index >= 15 is 0 Å². The number of hydrogen-bond donors (Lipinski definition) is 2. The smallest absolute Gasteiger partial charge is 0.279 e. The van der Waals surface area contributed by atoms with Gasteiger partial charge in [-0.25, -0.2) is 0 Å². The highest BCUT2D eigenvalue weighted by Crippen LogP contribution is 2.12. The second-order valence-electron chi connectivity index (χ2n) is 5.85. The van der Waals surface area contributed by atoms with Crippen molar-refractivity contribution in [2.24, 2.45) is 0 Å². The number of quaternary nitrogens is 1. The van der Waals surface area contributed by atoms with Gasteiger partial charge >= 0.3 is 0 Å². The Balaban J connectivity index is 1.86. The molecule has 0 radical (unpaired) electrons. The summed E-state index contributed by atoms with van der Waals surface area (Å²) < 4.78 is 5.32. The van der Waals surface area contributed by atoms with Crippen LogP contribution in [0.1, 0.15) is 42.9 Å². The summed E-state index contributed by atoms with van der Waals surface area (Å²) in [6.07, 6.45) is 1.63. The van der Waals surface area contributed by atoms with Crippen molar-refractivity contribution in [3.8, 4) is 0 Å². The molecule has 0 aliphatic carbocycles. The van der Waals surface area contributed by atoms with Crippen LogP contribution >= 0.6 is 0 Å². The van der Waals surface area contributed by atoms with Gasteiger partial charge < -0.3 is 20.0 Å². The van der Waals surface area contributed by atoms with Gasteiger partial charge in [0.2, 0.25) is 0 Å². The Kier molecular flexibility index (Phi) is 6.77. The maximum Gasteiger partial charge on any atom is 0.279 e. The average molecular weight is 344 g/mol. The number of furan rings is 1. The number of amides is 2. The summed E-state index contributed by atoms with van der Waals surface area (Å²) in [7, 11) is 0. The molecule has 0 unspecified atom stereocenters. The molecule has 1 atom stereocenters. The van der Waals surface area contributed by atoms with Crippen molar-refractivity contribution in [3.05, 3.63) is 54.0 Å². The topological polar surface area (TPSA) is 79.2 Å². The van der Waals surface area contributed by atoms with Gasteiger partial charge in [-0.05, 0) is 57.2 Å². The van der Waals surface area contributed by atoms with Gasteiger partial charge in [-0.3, -0.25) is 9.59 Å². The predicted octanol–water partition coefficient (Wildman–Crippen LogP) is 2.02. The highest BCUT2D eigenvalue weighted by molar-refractivity contribution is 5.96. The van der Waals surface area contributed by atoms with E-state index in [1.54, 1.807) is 35.4 Å². The van der Waals surface area contributed by atoms with Crippen LogP contribution < -0.4 is 10.6 Å². The number of carbonyl (C=O) groups excluding carboxylic acids is 2. The monoisotopic (exact) mass is 344 g/mol. The molecular formula is C19H26N3O3+. The predicted molar refractivity (Wildman–Crippen MR) is 96.2 cm³/mol. The fourth-order valence-corrected chi connectivity index (χ4v) is 2.55. The van der Waals surface area contributed by atoms with Gasteiger partial charge in [0.25, 0.3) is 11.8 Å². The van der Waals surface area contributed by atoms with E-state index in [9.17, 15) is 9.59 Å². The van der Waals surface area contributed by atoms with Gasteiger partial charge in [-0.2, -0.15) is 0 Å². The molecule has 3 N–H and O–H groups in total. The first kappa shape index (κ1) is 18.7. The van der Waals surface area contributed by atoms with Gasteiger partial charge in [-0.15, -0.1) is 0 Å². The molecule has 1 aromatic heterocycles. The molecule has 0 aliphatic rings. The zero-order chi connectivity index (χ0) is 18.2. The quantitative estimate of drug-likeness (QED) is 0.769. The third kappa shape index (κ3) is 5.19. The number of nitrogens with one attached hydrogen (secondary N) is 1. The molecule has 6 heteroatoms. The first-order chi connectivity index (χ1) is 12.0. The summed E-state index contributed by atoms with van der Waals surface area (Å²) in [5.41, 5.74) is 1.31. The van der Waals surface area contributed by atoms with E-state index in [1.807, 2.05) is 38.2 Å². The molecule has 2 rings (SSSR count). The van der Waals surface area contributed by atoms with Crippen molar-refractivity contribution >= 4 is 17.5 Å². The normalized spacial score (nSPS) is 11.8. The van der Waals surface area contributed by atoms with Gasteiger partial charge in [0.15, 0.2) is 12.3 Å². The zero-order valence-corrected chi connectivity index (χ0v) is 15.0. The second-order valence-corrected chi connectivity index (χ2v) is 5.85. The Morgan fingerprint density at radius 3 is 2.40 bits per heavy atom. The number of benzene rings is 1. The molecule has 2 amide bonds. The number of nitrogens with two attached hydrogens (primary N) is 1. The maximum absolute atomic E-state index is 12.3. The fourth-order valence-electron chi connectivity index (χ4n) is 2.55. The minimum Gasteiger partial charge on any atom is -0.463 e. The summed E-state index contributed by atoms with van der Waals surface area (Å²) in [6.45, 7) is 7.54. The van der Waals surface area contributed by atoms with E-state index in [4.69, 9.17) is 4.42 Å². The Labute approximate surface area is 148 Å². The van der Waals surface area contributed by atoms with Crippen LogP contribution in [0.15, 0.2) is 47.1 Å². The van der Waals surface area contributed by atoms with E-state index < -0.39 is 0 Å². The molecule has 25 heavy (non-hydrogen) atoms. The largest absolute Gasteiger partial charge is 0.463 e. The van der Waals surface area contributed by atoms with E-state index in [0.29, 0.717) is 30.9 Å². The molecule has 0 fully saturated rings. The second kappa shape index (κ2) is 9.03. The van der Waals surface area contributed by atoms with Crippen molar-refractivity contribution in [1.82, 2.24) is 4.90 Å². The van der Waals surface area contributed by atoms with Crippen molar-refractivity contribution in [2.45, 2.75) is 26.8 Å². The van der Waals surface area contributed by atoms with E-state index in [2.05, 4.69) is 5.32 Å². The summed E-state index contributed by atoms with van der Waals surface area (Å²) >= 11 is 0. The summed E-state index contributed by atoms with van der Waals surface area (Å²) in [5.74, 6) is 0.747. The van der Waals surface area contributed by atoms with Crippen LogP contribution in [0.3, 0.4) is 0 Å². The third-order valence-electron chi connectivity index (χ3n) is 4.12. The zero-order valence-electron chi connectivity index (χ0n) is 15.0. The Morgan fingerprint density at radius 2 is 1.84 bits per heavy atom. The lowest BCUT2D eigenvalue weighted by Gasteiger charge is -2.18. The van der Waals surface area contributed by atoms with Gasteiger partial charge in [-0.1, -0.05) is 0 Å². The molecule has 0 spiro atoms. The molecule has 0 bridgehead atoms. The molecule has 1 heterocycles. The molecule has 0 saturated carbocycles. The number of nitrogens with zero attached hydrogens (tertiary/aromatic N) is 1. The summed E-state index contributed by atoms with van der Waals surface area (Å²) in [6, 6.07) is 10.8. The van der Waals surface area contributed by atoms with Crippen molar-refractivity contribution in [1.29, 1.82) is 0 Å². The van der Waals surface area contributed by atoms with Gasteiger partial charge in [0, 0.05) is 24.3 Å². The van der Waals surface area contributed by atoms with Crippen molar-refractivity contribution in [3.63, 3.8) is 0 Å².